The molecule has 2 aromatic carbocycles. The number of aliphatic imine (C=N–C) groups is 1. The van der Waals surface area contributed by atoms with Gasteiger partial charge in [0.05, 0.1) is 11.1 Å². The van der Waals surface area contributed by atoms with Crippen molar-refractivity contribution in [3.05, 3.63) is 64.7 Å². The lowest BCUT2D eigenvalue weighted by atomic mass is 10.1. The Morgan fingerprint density at radius 2 is 1.91 bits per heavy atom. The van der Waals surface area contributed by atoms with Crippen LogP contribution in [0.1, 0.15) is 17.2 Å². The van der Waals surface area contributed by atoms with Crippen LogP contribution in [0.5, 0.6) is 0 Å². The first-order valence-electron chi connectivity index (χ1n) is 7.10. The van der Waals surface area contributed by atoms with Gasteiger partial charge in [0.1, 0.15) is 5.04 Å². The van der Waals surface area contributed by atoms with Crippen molar-refractivity contribution in [3.8, 4) is 11.4 Å². The molecule has 1 aromatic heterocycles. The highest BCUT2D eigenvalue weighted by Crippen LogP contribution is 2.35. The summed E-state index contributed by atoms with van der Waals surface area (Å²) in [6.45, 7) is 0. The number of H-pyrrole nitrogens is 1. The molecule has 1 aliphatic heterocycles. The van der Waals surface area contributed by atoms with Crippen LogP contribution in [-0.2, 0) is 0 Å². The maximum atomic E-state index is 6.26. The number of rotatable bonds is 3. The van der Waals surface area contributed by atoms with E-state index >= 15 is 0 Å². The molecule has 0 amide bonds. The van der Waals surface area contributed by atoms with E-state index in [1.54, 1.807) is 11.8 Å². The van der Waals surface area contributed by atoms with Crippen molar-refractivity contribution >= 4 is 28.4 Å². The summed E-state index contributed by atoms with van der Waals surface area (Å²) >= 11 is 8.00. The van der Waals surface area contributed by atoms with Crippen molar-refractivity contribution in [2.75, 3.05) is 5.75 Å². The second-order valence-corrected chi connectivity index (χ2v) is 6.51. The Morgan fingerprint density at radius 3 is 2.65 bits per heavy atom. The fourth-order valence-electron chi connectivity index (χ4n) is 2.47. The second kappa shape index (κ2) is 6.14. The minimum absolute atomic E-state index is 0.144. The van der Waals surface area contributed by atoms with Crippen molar-refractivity contribution in [2.45, 2.75) is 6.04 Å². The van der Waals surface area contributed by atoms with E-state index < -0.39 is 0 Å². The van der Waals surface area contributed by atoms with Crippen LogP contribution in [0.25, 0.3) is 11.4 Å². The van der Waals surface area contributed by atoms with Gasteiger partial charge in [0, 0.05) is 16.9 Å². The molecular formula is C16H12ClN5S. The van der Waals surface area contributed by atoms with Crippen molar-refractivity contribution in [3.63, 3.8) is 0 Å². The monoisotopic (exact) mass is 341 g/mol. The summed E-state index contributed by atoms with van der Waals surface area (Å²) in [6.07, 6.45) is 0. The van der Waals surface area contributed by atoms with Crippen LogP contribution in [0, 0.1) is 0 Å². The van der Waals surface area contributed by atoms with Gasteiger partial charge in [0.15, 0.2) is 0 Å². The lowest BCUT2D eigenvalue weighted by Crippen LogP contribution is -1.94. The summed E-state index contributed by atoms with van der Waals surface area (Å²) < 4.78 is 0. The topological polar surface area (TPSA) is 66.8 Å². The molecule has 23 heavy (non-hydrogen) atoms. The van der Waals surface area contributed by atoms with Gasteiger partial charge in [-0.15, -0.1) is 22.0 Å². The predicted octanol–water partition coefficient (Wildman–Crippen LogP) is 3.75. The lowest BCUT2D eigenvalue weighted by Gasteiger charge is -2.06. The highest BCUT2D eigenvalue weighted by atomic mass is 35.5. The Bertz CT molecular complexity index is 845. The summed E-state index contributed by atoms with van der Waals surface area (Å²) in [5, 5.41) is 15.7. The Labute approximate surface area is 142 Å². The Kier molecular flexibility index (Phi) is 3.85. The van der Waals surface area contributed by atoms with E-state index in [1.807, 2.05) is 36.4 Å². The number of aromatic amines is 1. The third kappa shape index (κ3) is 2.87. The average Bonchev–Trinajstić information content (AvgIpc) is 3.27. The van der Waals surface area contributed by atoms with Gasteiger partial charge in [-0.1, -0.05) is 54.1 Å². The number of benzene rings is 2. The molecule has 0 radical (unpaired) electrons. The van der Waals surface area contributed by atoms with Gasteiger partial charge in [0.25, 0.3) is 0 Å². The van der Waals surface area contributed by atoms with Crippen LogP contribution >= 0.6 is 23.4 Å². The van der Waals surface area contributed by atoms with E-state index in [9.17, 15) is 0 Å². The van der Waals surface area contributed by atoms with Crippen molar-refractivity contribution in [1.82, 2.24) is 20.6 Å². The average molecular weight is 342 g/mol. The molecule has 0 saturated heterocycles. The largest absolute Gasteiger partial charge is 0.269 e. The number of hydrogen-bond donors (Lipinski definition) is 1. The molecule has 3 aromatic rings. The van der Waals surface area contributed by atoms with Gasteiger partial charge < -0.3 is 0 Å². The summed E-state index contributed by atoms with van der Waals surface area (Å²) in [6, 6.07) is 16.1. The SMILES string of the molecule is Clc1ccccc1C1=NC(c2ccc(-c3nn[nH]n3)cc2)CS1. The van der Waals surface area contributed by atoms with Crippen molar-refractivity contribution < 1.29 is 0 Å². The lowest BCUT2D eigenvalue weighted by molar-refractivity contribution is 0.850. The maximum Gasteiger partial charge on any atom is 0.204 e. The second-order valence-electron chi connectivity index (χ2n) is 5.10. The molecule has 0 fully saturated rings. The molecule has 5 nitrogen and oxygen atoms in total. The summed E-state index contributed by atoms with van der Waals surface area (Å²) in [4.78, 5) is 4.83. The molecule has 0 saturated carbocycles. The zero-order valence-corrected chi connectivity index (χ0v) is 13.6. The number of thioether (sulfide) groups is 1. The van der Waals surface area contributed by atoms with Crippen molar-refractivity contribution in [2.24, 2.45) is 4.99 Å². The molecule has 4 rings (SSSR count). The molecule has 1 aliphatic rings. The number of nitrogens with one attached hydrogen (secondary N) is 1. The fourth-order valence-corrected chi connectivity index (χ4v) is 3.86. The zero-order valence-electron chi connectivity index (χ0n) is 12.0. The van der Waals surface area contributed by atoms with Crippen LogP contribution in [0.2, 0.25) is 5.02 Å². The highest BCUT2D eigenvalue weighted by molar-refractivity contribution is 8.14. The van der Waals surface area contributed by atoms with E-state index in [-0.39, 0.29) is 6.04 Å². The third-order valence-electron chi connectivity index (χ3n) is 3.65. The molecule has 114 valence electrons. The summed E-state index contributed by atoms with van der Waals surface area (Å²) in [7, 11) is 0. The number of tetrazole rings is 1. The first kappa shape index (κ1) is 14.4. The van der Waals surface area contributed by atoms with E-state index in [1.165, 1.54) is 5.56 Å². The van der Waals surface area contributed by atoms with E-state index in [2.05, 4.69) is 32.8 Å². The van der Waals surface area contributed by atoms with Gasteiger partial charge in [0.2, 0.25) is 5.82 Å². The number of hydrogen-bond acceptors (Lipinski definition) is 5. The van der Waals surface area contributed by atoms with E-state index in [0.29, 0.717) is 5.82 Å². The van der Waals surface area contributed by atoms with Gasteiger partial charge >= 0.3 is 0 Å². The first-order chi connectivity index (χ1) is 11.3. The summed E-state index contributed by atoms with van der Waals surface area (Å²) in [5.74, 6) is 1.51. The molecule has 7 heteroatoms. The molecule has 1 atom stereocenters. The van der Waals surface area contributed by atoms with Crippen LogP contribution in [-0.4, -0.2) is 31.4 Å². The number of aromatic nitrogens is 4. The van der Waals surface area contributed by atoms with Gasteiger partial charge in [-0.05, 0) is 16.8 Å². The molecule has 0 spiro atoms. The van der Waals surface area contributed by atoms with Crippen LogP contribution in [0.3, 0.4) is 0 Å². The van der Waals surface area contributed by atoms with Crippen LogP contribution < -0.4 is 0 Å². The molecule has 0 bridgehead atoms. The maximum absolute atomic E-state index is 6.26. The minimum atomic E-state index is 0.144. The quantitative estimate of drug-likeness (QED) is 0.787. The van der Waals surface area contributed by atoms with Crippen LogP contribution in [0.4, 0.5) is 0 Å². The van der Waals surface area contributed by atoms with Gasteiger partial charge in [-0.3, -0.25) is 4.99 Å². The number of halogens is 1. The molecule has 2 heterocycles. The van der Waals surface area contributed by atoms with Gasteiger partial charge in [-0.2, -0.15) is 5.21 Å². The Hall–Kier alpha value is -2.18. The Balaban J connectivity index is 1.59. The van der Waals surface area contributed by atoms with E-state index in [0.717, 1.165) is 26.9 Å². The molecule has 0 aliphatic carbocycles. The normalized spacial score (nSPS) is 17.3. The van der Waals surface area contributed by atoms with Gasteiger partial charge in [-0.25, -0.2) is 0 Å². The van der Waals surface area contributed by atoms with E-state index in [4.69, 9.17) is 16.6 Å². The standard InChI is InChI=1S/C16H12ClN5S/c17-13-4-2-1-3-12(13)16-18-14(9-23-16)10-5-7-11(8-6-10)15-19-21-22-20-15/h1-8,14H,9H2,(H,19,20,21,22). The van der Waals surface area contributed by atoms with Crippen LogP contribution in [0.15, 0.2) is 53.5 Å². The summed E-state index contributed by atoms with van der Waals surface area (Å²) in [5.41, 5.74) is 3.11. The minimum Gasteiger partial charge on any atom is -0.269 e. The molecular weight excluding hydrogens is 330 g/mol. The predicted molar refractivity (Wildman–Crippen MR) is 92.8 cm³/mol. The third-order valence-corrected chi connectivity index (χ3v) is 5.07. The first-order valence-corrected chi connectivity index (χ1v) is 8.47. The Morgan fingerprint density at radius 1 is 1.09 bits per heavy atom. The molecule has 1 unspecified atom stereocenters. The smallest absolute Gasteiger partial charge is 0.204 e. The number of nitrogens with zero attached hydrogens (tertiary/aromatic N) is 4. The highest BCUT2D eigenvalue weighted by Gasteiger charge is 2.22. The fraction of sp³-hybridized carbons (Fsp3) is 0.125. The van der Waals surface area contributed by atoms with Crippen molar-refractivity contribution in [1.29, 1.82) is 0 Å². The zero-order chi connectivity index (χ0) is 15.6. The molecule has 1 N–H and O–H groups in total.